The lowest BCUT2D eigenvalue weighted by Gasteiger charge is -2.16. The molecule has 1 aromatic rings. The van der Waals surface area contributed by atoms with Gasteiger partial charge in [0.2, 0.25) is 0 Å². The number of carboxylic acids is 1. The number of aliphatic imine (C=N–C) groups is 1. The second-order valence-electron chi connectivity index (χ2n) is 6.29. The van der Waals surface area contributed by atoms with Crippen molar-refractivity contribution in [3.63, 3.8) is 0 Å². The highest BCUT2D eigenvalue weighted by Gasteiger charge is 2.24. The van der Waals surface area contributed by atoms with E-state index in [-0.39, 0.29) is 23.4 Å². The Morgan fingerprint density at radius 2 is 2.04 bits per heavy atom. The molecular formula is C17H18FN5O3. The number of anilines is 1. The second-order valence-corrected chi connectivity index (χ2v) is 6.29. The summed E-state index contributed by atoms with van der Waals surface area (Å²) >= 11 is 0. The number of carbonyl (C=O) groups is 2. The molecule has 136 valence electrons. The molecule has 9 heteroatoms. The number of nitrogens with zero attached hydrogens (tertiary/aromatic N) is 5. The molecule has 1 fully saturated rings. The van der Waals surface area contributed by atoms with Crippen LogP contribution in [0.1, 0.15) is 23.8 Å². The van der Waals surface area contributed by atoms with Gasteiger partial charge in [-0.25, -0.2) is 14.2 Å². The summed E-state index contributed by atoms with van der Waals surface area (Å²) < 4.78 is 13.6. The van der Waals surface area contributed by atoms with Gasteiger partial charge >= 0.3 is 5.97 Å². The fourth-order valence-electron chi connectivity index (χ4n) is 2.75. The van der Waals surface area contributed by atoms with Gasteiger partial charge in [0.05, 0.1) is 18.0 Å². The molecule has 1 amide bonds. The SMILES string of the molecule is CC1=C(F)C=C(C(=O)O)C(=NC(=O)c2ccc(N3CCN(C)C3)nn2)C1. The predicted molar refractivity (Wildman–Crippen MR) is 92.8 cm³/mol. The van der Waals surface area contributed by atoms with Crippen molar-refractivity contribution in [2.45, 2.75) is 13.3 Å². The first kappa shape index (κ1) is 17.9. The van der Waals surface area contributed by atoms with Gasteiger partial charge in [-0.3, -0.25) is 9.69 Å². The summed E-state index contributed by atoms with van der Waals surface area (Å²) in [7, 11) is 2.00. The third kappa shape index (κ3) is 3.67. The molecule has 0 unspecified atom stereocenters. The van der Waals surface area contributed by atoms with E-state index in [1.807, 2.05) is 11.9 Å². The summed E-state index contributed by atoms with van der Waals surface area (Å²) in [6.45, 7) is 3.99. The molecule has 1 aliphatic heterocycles. The van der Waals surface area contributed by atoms with Crippen LogP contribution in [0, 0.1) is 0 Å². The van der Waals surface area contributed by atoms with Gasteiger partial charge in [0, 0.05) is 19.5 Å². The molecule has 0 spiro atoms. The molecule has 1 N–H and O–H groups in total. The quantitative estimate of drug-likeness (QED) is 0.871. The van der Waals surface area contributed by atoms with Gasteiger partial charge in [-0.05, 0) is 37.8 Å². The zero-order valence-electron chi connectivity index (χ0n) is 14.4. The Hall–Kier alpha value is -2.94. The molecular weight excluding hydrogens is 341 g/mol. The molecule has 0 aromatic carbocycles. The van der Waals surface area contributed by atoms with E-state index in [9.17, 15) is 19.1 Å². The van der Waals surface area contributed by atoms with Crippen molar-refractivity contribution >= 4 is 23.4 Å². The van der Waals surface area contributed by atoms with Gasteiger partial charge < -0.3 is 10.0 Å². The second kappa shape index (κ2) is 7.12. The number of hydrogen-bond acceptors (Lipinski definition) is 6. The molecule has 8 nitrogen and oxygen atoms in total. The van der Waals surface area contributed by atoms with Gasteiger partial charge in [-0.2, -0.15) is 0 Å². The lowest BCUT2D eigenvalue weighted by atomic mass is 9.96. The molecule has 1 aromatic heterocycles. The summed E-state index contributed by atoms with van der Waals surface area (Å²) in [5, 5.41) is 17.1. The number of halogens is 1. The number of carbonyl (C=O) groups excluding carboxylic acids is 1. The molecule has 26 heavy (non-hydrogen) atoms. The predicted octanol–water partition coefficient (Wildman–Crippen LogP) is 1.43. The molecule has 2 aliphatic rings. The summed E-state index contributed by atoms with van der Waals surface area (Å²) in [6.07, 6.45) is 0.841. The maximum Gasteiger partial charge on any atom is 0.337 e. The Morgan fingerprint density at radius 3 is 2.62 bits per heavy atom. The lowest BCUT2D eigenvalue weighted by Crippen LogP contribution is -2.23. The first-order chi connectivity index (χ1) is 12.3. The van der Waals surface area contributed by atoms with Crippen LogP contribution in [0.4, 0.5) is 10.2 Å². The van der Waals surface area contributed by atoms with E-state index in [1.165, 1.54) is 13.0 Å². The lowest BCUT2D eigenvalue weighted by molar-refractivity contribution is -0.132. The number of aliphatic carboxylic acids is 1. The van der Waals surface area contributed by atoms with Crippen LogP contribution in [-0.4, -0.2) is 64.6 Å². The minimum Gasteiger partial charge on any atom is -0.478 e. The number of aromatic nitrogens is 2. The standard InChI is InChI=1S/C17H18FN5O3/c1-10-7-14(11(17(25)26)8-12(10)18)19-16(24)13-3-4-15(21-20-13)23-6-5-22(2)9-23/h3-4,8H,5-7,9H2,1-2H3,(H,25,26). The number of rotatable bonds is 3. The highest BCUT2D eigenvalue weighted by molar-refractivity contribution is 6.23. The van der Waals surface area contributed by atoms with E-state index in [0.29, 0.717) is 11.4 Å². The molecule has 0 radical (unpaired) electrons. The van der Waals surface area contributed by atoms with Crippen molar-refractivity contribution in [2.75, 3.05) is 31.7 Å². The van der Waals surface area contributed by atoms with Gasteiger partial charge in [0.15, 0.2) is 11.5 Å². The van der Waals surface area contributed by atoms with Crippen molar-refractivity contribution in [3.8, 4) is 0 Å². The van der Waals surface area contributed by atoms with Crippen LogP contribution in [0.15, 0.2) is 40.2 Å². The normalized spacial score (nSPS) is 19.9. The first-order valence-electron chi connectivity index (χ1n) is 8.05. The Bertz CT molecular complexity index is 844. The number of amides is 1. The van der Waals surface area contributed by atoms with E-state index >= 15 is 0 Å². The average molecular weight is 359 g/mol. The van der Waals surface area contributed by atoms with Crippen LogP contribution in [0.3, 0.4) is 0 Å². The van der Waals surface area contributed by atoms with E-state index in [2.05, 4.69) is 20.1 Å². The minimum absolute atomic E-state index is 0.00576. The third-order valence-corrected chi connectivity index (χ3v) is 4.25. The molecule has 3 rings (SSSR count). The number of carboxylic acid groups (broad SMARTS) is 1. The fourth-order valence-corrected chi connectivity index (χ4v) is 2.75. The zero-order valence-corrected chi connectivity index (χ0v) is 14.4. The topological polar surface area (TPSA) is 99.0 Å². The van der Waals surface area contributed by atoms with Crippen LogP contribution < -0.4 is 4.90 Å². The Kier molecular flexibility index (Phi) is 4.90. The Labute approximate surface area is 149 Å². The molecule has 2 heterocycles. The minimum atomic E-state index is -1.33. The van der Waals surface area contributed by atoms with Crippen LogP contribution in [-0.2, 0) is 4.79 Å². The van der Waals surface area contributed by atoms with Crippen molar-refractivity contribution in [1.82, 2.24) is 15.1 Å². The van der Waals surface area contributed by atoms with E-state index < -0.39 is 17.7 Å². The molecule has 0 bridgehead atoms. The van der Waals surface area contributed by atoms with Crippen molar-refractivity contribution in [1.29, 1.82) is 0 Å². The first-order valence-corrected chi connectivity index (χ1v) is 8.05. The highest BCUT2D eigenvalue weighted by atomic mass is 19.1. The third-order valence-electron chi connectivity index (χ3n) is 4.25. The maximum absolute atomic E-state index is 13.6. The summed E-state index contributed by atoms with van der Waals surface area (Å²) in [4.78, 5) is 31.6. The highest BCUT2D eigenvalue weighted by Crippen LogP contribution is 2.23. The molecule has 1 saturated heterocycles. The summed E-state index contributed by atoms with van der Waals surface area (Å²) in [5.41, 5.74) is 0.00642. The van der Waals surface area contributed by atoms with E-state index in [1.54, 1.807) is 6.07 Å². The van der Waals surface area contributed by atoms with Crippen molar-refractivity contribution in [2.24, 2.45) is 4.99 Å². The van der Waals surface area contributed by atoms with Crippen molar-refractivity contribution < 1.29 is 19.1 Å². The van der Waals surface area contributed by atoms with E-state index in [0.717, 1.165) is 25.8 Å². The number of allylic oxidation sites excluding steroid dienone is 3. The smallest absolute Gasteiger partial charge is 0.337 e. The van der Waals surface area contributed by atoms with Gasteiger partial charge in [-0.15, -0.1) is 10.2 Å². The molecule has 1 aliphatic carbocycles. The fraction of sp³-hybridized carbons (Fsp3) is 0.353. The van der Waals surface area contributed by atoms with Gasteiger partial charge in [0.1, 0.15) is 5.83 Å². The molecule has 0 saturated carbocycles. The summed E-state index contributed by atoms with van der Waals surface area (Å²) in [6, 6.07) is 3.18. The largest absolute Gasteiger partial charge is 0.478 e. The van der Waals surface area contributed by atoms with Gasteiger partial charge in [0.25, 0.3) is 5.91 Å². The van der Waals surface area contributed by atoms with Crippen LogP contribution in [0.5, 0.6) is 0 Å². The number of likely N-dealkylation sites (N-methyl/N-ethyl adjacent to an activating group) is 1. The molecule has 0 atom stereocenters. The van der Waals surface area contributed by atoms with Crippen LogP contribution in [0.25, 0.3) is 0 Å². The zero-order chi connectivity index (χ0) is 18.8. The maximum atomic E-state index is 13.6. The Balaban J connectivity index is 1.80. The van der Waals surface area contributed by atoms with Gasteiger partial charge in [-0.1, -0.05) is 0 Å². The van der Waals surface area contributed by atoms with Crippen LogP contribution in [0.2, 0.25) is 0 Å². The number of hydrogen-bond donors (Lipinski definition) is 1. The average Bonchev–Trinajstić information content (AvgIpc) is 3.04. The Morgan fingerprint density at radius 1 is 1.27 bits per heavy atom. The van der Waals surface area contributed by atoms with Crippen molar-refractivity contribution in [3.05, 3.63) is 40.9 Å². The summed E-state index contributed by atoms with van der Waals surface area (Å²) in [5.74, 6) is -2.00. The van der Waals surface area contributed by atoms with E-state index in [4.69, 9.17) is 0 Å². The van der Waals surface area contributed by atoms with Crippen LogP contribution >= 0.6 is 0 Å². The monoisotopic (exact) mass is 359 g/mol.